The van der Waals surface area contributed by atoms with Gasteiger partial charge in [0.1, 0.15) is 11.2 Å². The number of pyridine rings is 2. The third kappa shape index (κ3) is 5.64. The molecule has 82 heavy (non-hydrogen) atoms. The van der Waals surface area contributed by atoms with Gasteiger partial charge in [-0.25, -0.2) is 0 Å². The van der Waals surface area contributed by atoms with E-state index in [1.807, 2.05) is 97.1 Å². The fraction of sp³-hybridized carbons (Fsp3) is 0.257. The lowest BCUT2D eigenvalue weighted by molar-refractivity contribution is -0.104. The maximum atomic E-state index is 15.3. The van der Waals surface area contributed by atoms with Gasteiger partial charge in [-0.3, -0.25) is 29.4 Å². The number of fused-ring (bicyclic) bond motifs is 12. The van der Waals surface area contributed by atoms with E-state index in [9.17, 15) is 10.2 Å². The van der Waals surface area contributed by atoms with E-state index in [4.69, 9.17) is 43.4 Å². The summed E-state index contributed by atoms with van der Waals surface area (Å²) in [6.07, 6.45) is 1.09. The van der Waals surface area contributed by atoms with Gasteiger partial charge in [0.05, 0.1) is 57.5 Å². The number of benzene rings is 8. The zero-order chi connectivity index (χ0) is 56.0. The molecule has 4 N–H and O–H groups in total. The minimum atomic E-state index is -1.32. The first-order valence-corrected chi connectivity index (χ1v) is 29.1. The fourth-order valence-electron chi connectivity index (χ4n) is 18.8. The van der Waals surface area contributed by atoms with Crippen LogP contribution in [0.5, 0.6) is 0 Å². The number of aromatic nitrogens is 2. The van der Waals surface area contributed by atoms with Crippen molar-refractivity contribution in [1.82, 2.24) is 19.8 Å². The minimum Gasteiger partial charge on any atom is -0.394 e. The molecule has 0 amide bonds. The van der Waals surface area contributed by atoms with Crippen molar-refractivity contribution in [1.29, 1.82) is 0 Å². The van der Waals surface area contributed by atoms with Crippen LogP contribution in [-0.2, 0) is 22.3 Å². The van der Waals surface area contributed by atoms with Crippen LogP contribution in [0.2, 0.25) is 10.0 Å². The third-order valence-corrected chi connectivity index (χ3v) is 21.7. The highest BCUT2D eigenvalue weighted by Crippen LogP contribution is 2.83. The Bertz CT molecular complexity index is 4150. The van der Waals surface area contributed by atoms with E-state index in [0.29, 0.717) is 47.1 Å². The number of hydrogen-bond acceptors (Lipinski definition) is 10. The molecule has 6 aliphatic carbocycles. The zero-order valence-corrected chi connectivity index (χ0v) is 46.5. The van der Waals surface area contributed by atoms with Crippen molar-refractivity contribution in [2.75, 3.05) is 40.4 Å². The number of ketones is 2. The van der Waals surface area contributed by atoms with Crippen LogP contribution in [0.3, 0.4) is 0 Å². The van der Waals surface area contributed by atoms with Crippen molar-refractivity contribution in [3.63, 3.8) is 0 Å². The lowest BCUT2D eigenvalue weighted by atomic mass is 9.57. The number of rotatable bonds is 3. The molecule has 2 aliphatic heterocycles. The highest BCUT2D eigenvalue weighted by Gasteiger charge is 2.87. The molecule has 8 aliphatic rings. The molecule has 2 saturated carbocycles. The van der Waals surface area contributed by atoms with Gasteiger partial charge < -0.3 is 20.4 Å². The number of nitrogens with zero attached hydrogens (tertiary/aromatic N) is 4. The van der Waals surface area contributed by atoms with Crippen molar-refractivity contribution in [3.8, 4) is 0 Å². The largest absolute Gasteiger partial charge is 0.394 e. The first-order valence-electron chi connectivity index (χ1n) is 28.3. The van der Waals surface area contributed by atoms with Crippen molar-refractivity contribution >= 4 is 78.1 Å². The van der Waals surface area contributed by atoms with Gasteiger partial charge in [0, 0.05) is 68.7 Å². The summed E-state index contributed by atoms with van der Waals surface area (Å²) in [6, 6.07) is 61.0. The lowest BCUT2D eigenvalue weighted by Gasteiger charge is -2.48. The van der Waals surface area contributed by atoms with Crippen LogP contribution in [0, 0.1) is 10.8 Å². The van der Waals surface area contributed by atoms with E-state index < -0.39 is 33.1 Å². The Labute approximate surface area is 483 Å². The van der Waals surface area contributed by atoms with E-state index in [0.717, 1.165) is 88.1 Å². The Kier molecular flexibility index (Phi) is 10.6. The summed E-state index contributed by atoms with van der Waals surface area (Å²) >= 11 is 12.6. The fourth-order valence-corrected chi connectivity index (χ4v) is 19.1. The van der Waals surface area contributed by atoms with Crippen LogP contribution in [0.15, 0.2) is 182 Å². The molecule has 2 aromatic heterocycles. The number of para-hydroxylation sites is 2. The van der Waals surface area contributed by atoms with E-state index in [1.54, 1.807) is 0 Å². The number of aliphatic hydroxyl groups is 4. The van der Waals surface area contributed by atoms with Gasteiger partial charge in [-0.05, 0) is 130 Å². The molecule has 4 heterocycles. The predicted octanol–water partition coefficient (Wildman–Crippen LogP) is 12.0. The number of halogens is 2. The minimum absolute atomic E-state index is 0.0945. The highest BCUT2D eigenvalue weighted by atomic mass is 35.5. The molecule has 0 unspecified atom stereocenters. The summed E-state index contributed by atoms with van der Waals surface area (Å²) in [7, 11) is 4.19. The third-order valence-electron chi connectivity index (χ3n) is 21.2. The van der Waals surface area contributed by atoms with Gasteiger partial charge in [0.15, 0.2) is 11.6 Å². The van der Waals surface area contributed by atoms with Crippen molar-refractivity contribution in [2.45, 2.75) is 58.8 Å². The first kappa shape index (κ1) is 50.5. The number of Topliss-reactive ketones (excluding diaryl/α,β-unsaturated/α-hetero) is 2. The van der Waals surface area contributed by atoms with Gasteiger partial charge >= 0.3 is 0 Å². The maximum absolute atomic E-state index is 15.3. The maximum Gasteiger partial charge on any atom is 0.173 e. The molecule has 0 radical (unpaired) electrons. The molecule has 2 saturated heterocycles. The van der Waals surface area contributed by atoms with Crippen LogP contribution in [0.1, 0.15) is 102 Å². The van der Waals surface area contributed by atoms with Gasteiger partial charge in [0.25, 0.3) is 0 Å². The second kappa shape index (κ2) is 17.2. The number of likely N-dealkylation sites (N-methyl/N-ethyl adjacent to an activating group) is 2. The molecule has 18 rings (SSSR count). The number of carbonyl (C=O) groups is 2. The Morgan fingerprint density at radius 2 is 0.817 bits per heavy atom. The van der Waals surface area contributed by atoms with Crippen LogP contribution in [0.25, 0.3) is 43.4 Å². The zero-order valence-electron chi connectivity index (χ0n) is 45.0. The van der Waals surface area contributed by atoms with Crippen molar-refractivity contribution in [3.05, 3.63) is 248 Å². The topological polar surface area (TPSA) is 147 Å². The molecule has 8 aromatic carbocycles. The molecular weight excluding hydrogens is 1060 g/mol. The lowest BCUT2D eigenvalue weighted by Crippen LogP contribution is -2.58. The summed E-state index contributed by atoms with van der Waals surface area (Å²) in [5, 5.41) is 49.8. The van der Waals surface area contributed by atoms with E-state index in [2.05, 4.69) is 109 Å². The molecule has 10 atom stereocenters. The second-order valence-electron chi connectivity index (χ2n) is 24.1. The summed E-state index contributed by atoms with van der Waals surface area (Å²) in [6.45, 7) is 1.06. The van der Waals surface area contributed by atoms with Gasteiger partial charge in [-0.15, -0.1) is 0 Å². The molecule has 4 spiro atoms. The summed E-state index contributed by atoms with van der Waals surface area (Å²) in [5.41, 5.74) is 4.36. The molecule has 12 heteroatoms. The summed E-state index contributed by atoms with van der Waals surface area (Å²) in [5.74, 6) is -0.703. The molecule has 10 nitrogen and oxygen atoms in total. The number of carbonyl (C=O) groups excluding carboxylic acids is 2. The van der Waals surface area contributed by atoms with Gasteiger partial charge in [0.2, 0.25) is 0 Å². The Morgan fingerprint density at radius 1 is 0.463 bits per heavy atom. The Morgan fingerprint density at radius 3 is 1.20 bits per heavy atom. The molecular formula is C70H56Cl2N4O6. The quantitative estimate of drug-likeness (QED) is 0.135. The van der Waals surface area contributed by atoms with Crippen LogP contribution in [0.4, 0.5) is 0 Å². The average Bonchev–Trinajstić information content (AvgIpc) is 1.46. The summed E-state index contributed by atoms with van der Waals surface area (Å²) < 4.78 is 0. The highest BCUT2D eigenvalue weighted by molar-refractivity contribution is 6.31. The average molecular weight is 1120 g/mol. The predicted molar refractivity (Wildman–Crippen MR) is 319 cm³/mol. The van der Waals surface area contributed by atoms with E-state index in [1.165, 1.54) is 0 Å². The number of aliphatic hydroxyl groups excluding tert-OH is 2. The number of likely N-dealkylation sites (tertiary alicyclic amines) is 2. The monoisotopic (exact) mass is 1120 g/mol. The molecule has 406 valence electrons. The second-order valence-corrected chi connectivity index (χ2v) is 25.0. The van der Waals surface area contributed by atoms with Crippen LogP contribution >= 0.6 is 23.2 Å². The van der Waals surface area contributed by atoms with E-state index >= 15 is 9.59 Å². The van der Waals surface area contributed by atoms with Crippen molar-refractivity contribution < 1.29 is 30.0 Å². The smallest absolute Gasteiger partial charge is 0.173 e. The normalized spacial score (nSPS) is 30.8. The van der Waals surface area contributed by atoms with E-state index in [-0.39, 0.29) is 48.5 Å². The molecule has 4 fully saturated rings. The molecule has 4 bridgehead atoms. The van der Waals surface area contributed by atoms with Gasteiger partial charge in [-0.1, -0.05) is 157 Å². The van der Waals surface area contributed by atoms with Crippen molar-refractivity contribution in [2.24, 2.45) is 10.8 Å². The Hall–Kier alpha value is -7.22. The SMILES string of the molecule is CN1C[C@@H](c2ccc(Cl)cc2)[C@]23C[C@H](c4nc5ccccc5cc4C2=O)[C@]2(O)c4cccc5cccc(c45)[C@]132.CN1C[C@H](c2ccc(Cl)cc2)[C@@]23C[C@@H](c4nc5ccccc5cc4C2=O)[C@@]2(O)c4cccc5cccc(c45)[C@@]132.OCCO. The summed E-state index contributed by atoms with van der Waals surface area (Å²) in [4.78, 5) is 45.4. The standard InChI is InChI=1S/2C34H25ClN2O2.C2H6O2/c2*1-37-18-27(19-12-14-22(35)15-13-19)32-17-26(30-23(31(32)38)16-21-6-2-3-11-28(21)36-30)33(39)24-9-4-7-20-8-5-10-25(29(20)24)34(32,33)37;3-1-2-4/h2*2-16,26-27,39H,17-18H2,1H3;3-4H,1-2H2/t2*26-,27+,32-,33-,34+;/m10./s1. The van der Waals surface area contributed by atoms with Gasteiger partial charge in [-0.2, -0.15) is 0 Å². The first-order chi connectivity index (χ1) is 39.8. The van der Waals surface area contributed by atoms with Crippen LogP contribution in [-0.4, -0.2) is 92.2 Å². The van der Waals surface area contributed by atoms with Crippen LogP contribution < -0.4 is 0 Å². The Balaban J connectivity index is 0.000000127. The number of hydrogen-bond donors (Lipinski definition) is 4. The molecule has 10 aromatic rings.